The first-order valence-electron chi connectivity index (χ1n) is 25.0. The predicted octanol–water partition coefficient (Wildman–Crippen LogP) is 9.41. The number of amides is 2. The highest BCUT2D eigenvalue weighted by molar-refractivity contribution is 6.04. The third-order valence-corrected chi connectivity index (χ3v) is 18.0. The van der Waals surface area contributed by atoms with Gasteiger partial charge < -0.3 is 24.8 Å². The molecule has 2 N–H and O–H groups in total. The SMILES string of the molecule is CCOC(=O)n1nc(C(F)(F)F)cc1C(=O)NC(C)(C)C(=O)NC12CCC3C(CCC4C3(C)CCC3C(C)C(OC(=O)C5CC(C(=O)OCc6ccccc6)C5C)CCC34C)C1=C(C(C)C)C(=O)C2. The van der Waals surface area contributed by atoms with Crippen molar-refractivity contribution in [3.63, 3.8) is 0 Å². The highest BCUT2D eigenvalue weighted by atomic mass is 19.4. The Bertz CT molecular complexity index is 2410. The number of aromatic nitrogens is 2. The number of carbonyl (C=O) groups is 6. The third-order valence-electron chi connectivity index (χ3n) is 18.0. The van der Waals surface area contributed by atoms with Gasteiger partial charge in [-0.25, -0.2) is 4.79 Å². The highest BCUT2D eigenvalue weighted by Gasteiger charge is 2.66. The molecular formula is C53H69F3N4O9. The number of carbonyl (C=O) groups excluding carboxylic acids is 6. The van der Waals surface area contributed by atoms with Gasteiger partial charge in [0, 0.05) is 12.5 Å². The van der Waals surface area contributed by atoms with Crippen molar-refractivity contribution in [1.29, 1.82) is 0 Å². The summed E-state index contributed by atoms with van der Waals surface area (Å²) in [4.78, 5) is 81.5. The summed E-state index contributed by atoms with van der Waals surface area (Å²) in [6, 6.07) is 9.98. The first-order chi connectivity index (χ1) is 32.4. The van der Waals surface area contributed by atoms with Crippen LogP contribution in [0.4, 0.5) is 18.0 Å². The summed E-state index contributed by atoms with van der Waals surface area (Å²) < 4.78 is 58.1. The molecule has 6 aliphatic rings. The van der Waals surface area contributed by atoms with Crippen molar-refractivity contribution >= 4 is 35.6 Å². The Hall–Kier alpha value is -5.02. The summed E-state index contributed by atoms with van der Waals surface area (Å²) in [6.07, 6.45) is 0.743. The summed E-state index contributed by atoms with van der Waals surface area (Å²) in [5, 5.41) is 9.06. The molecule has 5 fully saturated rings. The molecule has 0 bridgehead atoms. The molecule has 0 spiro atoms. The van der Waals surface area contributed by atoms with Crippen molar-refractivity contribution in [2.45, 2.75) is 156 Å². The van der Waals surface area contributed by atoms with E-state index in [1.165, 1.54) is 20.8 Å². The average molecular weight is 963 g/mol. The molecule has 6 aliphatic carbocycles. The van der Waals surface area contributed by atoms with Gasteiger partial charge in [-0.15, -0.1) is 0 Å². The lowest BCUT2D eigenvalue weighted by Crippen LogP contribution is -2.65. The predicted molar refractivity (Wildman–Crippen MR) is 247 cm³/mol. The summed E-state index contributed by atoms with van der Waals surface area (Å²) in [6.45, 7) is 17.4. The second-order valence-electron chi connectivity index (χ2n) is 22.5. The number of hydrogen-bond donors (Lipinski definition) is 2. The summed E-state index contributed by atoms with van der Waals surface area (Å²) >= 11 is 0. The number of nitrogens with zero attached hydrogens (tertiary/aromatic N) is 2. The Kier molecular flexibility index (Phi) is 13.4. The first kappa shape index (κ1) is 50.4. The van der Waals surface area contributed by atoms with E-state index >= 15 is 0 Å². The van der Waals surface area contributed by atoms with Crippen LogP contribution in [0.5, 0.6) is 0 Å². The van der Waals surface area contributed by atoms with Gasteiger partial charge >= 0.3 is 24.2 Å². The molecule has 2 amide bonds. The van der Waals surface area contributed by atoms with E-state index in [9.17, 15) is 41.9 Å². The Morgan fingerprint density at radius 1 is 0.870 bits per heavy atom. The van der Waals surface area contributed by atoms with Crippen LogP contribution in [-0.4, -0.2) is 69.2 Å². The lowest BCUT2D eigenvalue weighted by atomic mass is 9.38. The first-order valence-corrected chi connectivity index (χ1v) is 25.0. The number of Topliss-reactive ketones (excluding diaryl/α,β-unsaturated/α-hetero) is 1. The van der Waals surface area contributed by atoms with Gasteiger partial charge in [0.15, 0.2) is 11.5 Å². The molecule has 0 radical (unpaired) electrons. The second kappa shape index (κ2) is 18.3. The minimum atomic E-state index is -4.96. The fourth-order valence-electron chi connectivity index (χ4n) is 14.5. The van der Waals surface area contributed by atoms with Crippen molar-refractivity contribution in [2.24, 2.45) is 64.1 Å². The molecule has 2 aromatic rings. The average Bonchev–Trinajstić information content (AvgIpc) is 3.87. The lowest BCUT2D eigenvalue weighted by Gasteiger charge is -2.67. The topological polar surface area (TPSA) is 172 Å². The molecule has 12 unspecified atom stereocenters. The fraction of sp³-hybridized carbons (Fsp3) is 0.679. The smallest absolute Gasteiger partial charge is 0.435 e. The number of esters is 2. The minimum Gasteiger partial charge on any atom is -0.462 e. The molecule has 5 saturated carbocycles. The van der Waals surface area contributed by atoms with Crippen LogP contribution in [0, 0.1) is 64.1 Å². The van der Waals surface area contributed by atoms with Gasteiger partial charge in [0.05, 0.1) is 24.0 Å². The molecule has 1 aromatic heterocycles. The molecule has 8 rings (SSSR count). The van der Waals surface area contributed by atoms with Crippen molar-refractivity contribution in [3.8, 4) is 0 Å². The number of halogens is 3. The van der Waals surface area contributed by atoms with E-state index in [0.717, 1.165) is 61.7 Å². The Balaban J connectivity index is 0.947. The zero-order valence-electron chi connectivity index (χ0n) is 41.4. The maximum atomic E-state index is 14.5. The standard InChI is InChI=1S/C53H69F3N4O9/c1-10-67-48(66)60-37(25-41(59-60)53(54,55)56)44(62)57-49(6,7)47(65)58-52-23-19-36-32(43(52)42(28(2)3)38(61)26-52)16-17-40-50(8)22-20-39(30(5)35(50)18-21-51(36,40)9)69-46(64)34-24-33(29(34)4)45(63)68-27-31-14-12-11-13-15-31/h11-15,25,28-30,32-36,39-40H,10,16-24,26-27H2,1-9H3,(H,57,62)(H,58,65). The van der Waals surface area contributed by atoms with Crippen molar-refractivity contribution < 1.29 is 56.1 Å². The van der Waals surface area contributed by atoms with Crippen LogP contribution in [0.15, 0.2) is 47.5 Å². The number of ether oxygens (including phenoxy) is 3. The fourth-order valence-corrected chi connectivity index (χ4v) is 14.5. The van der Waals surface area contributed by atoms with E-state index in [-0.39, 0.29) is 100 Å². The van der Waals surface area contributed by atoms with E-state index in [1.54, 1.807) is 0 Å². The Morgan fingerprint density at radius 3 is 2.17 bits per heavy atom. The number of nitrogens with one attached hydrogen (secondary N) is 2. The van der Waals surface area contributed by atoms with Gasteiger partial charge in [-0.1, -0.05) is 71.9 Å². The van der Waals surface area contributed by atoms with E-state index < -0.39 is 46.5 Å². The van der Waals surface area contributed by atoms with Gasteiger partial charge in [-0.3, -0.25) is 24.0 Å². The van der Waals surface area contributed by atoms with E-state index in [2.05, 4.69) is 36.5 Å². The van der Waals surface area contributed by atoms with E-state index in [0.29, 0.717) is 30.7 Å². The summed E-state index contributed by atoms with van der Waals surface area (Å²) in [7, 11) is 0. The maximum absolute atomic E-state index is 14.5. The lowest BCUT2D eigenvalue weighted by molar-refractivity contribution is -0.196. The van der Waals surface area contributed by atoms with Crippen LogP contribution >= 0.6 is 0 Å². The molecule has 0 saturated heterocycles. The molecule has 13 nitrogen and oxygen atoms in total. The number of hydrogen-bond acceptors (Lipinski definition) is 10. The quantitative estimate of drug-likeness (QED) is 0.163. The van der Waals surface area contributed by atoms with Crippen LogP contribution < -0.4 is 10.6 Å². The van der Waals surface area contributed by atoms with Gasteiger partial charge in [-0.05, 0) is 148 Å². The van der Waals surface area contributed by atoms with Crippen LogP contribution in [0.3, 0.4) is 0 Å². The van der Waals surface area contributed by atoms with Gasteiger partial charge in [-0.2, -0.15) is 23.0 Å². The molecule has 1 heterocycles. The van der Waals surface area contributed by atoms with E-state index in [4.69, 9.17) is 14.2 Å². The van der Waals surface area contributed by atoms with Crippen molar-refractivity contribution in [2.75, 3.05) is 6.61 Å². The van der Waals surface area contributed by atoms with Crippen LogP contribution in [0.1, 0.15) is 148 Å². The van der Waals surface area contributed by atoms with E-state index in [1.807, 2.05) is 51.1 Å². The zero-order chi connectivity index (χ0) is 50.2. The summed E-state index contributed by atoms with van der Waals surface area (Å²) in [5.41, 5.74) is -2.34. The molecule has 1 aromatic carbocycles. The van der Waals surface area contributed by atoms with Crippen LogP contribution in [0.25, 0.3) is 0 Å². The van der Waals surface area contributed by atoms with Crippen LogP contribution in [0.2, 0.25) is 0 Å². The number of fused-ring (bicyclic) bond motifs is 7. The second-order valence-corrected chi connectivity index (χ2v) is 22.5. The molecule has 69 heavy (non-hydrogen) atoms. The highest BCUT2D eigenvalue weighted by Crippen LogP contribution is 2.71. The monoisotopic (exact) mass is 963 g/mol. The van der Waals surface area contributed by atoms with Gasteiger partial charge in [0.1, 0.15) is 23.9 Å². The van der Waals surface area contributed by atoms with Gasteiger partial charge in [0.25, 0.3) is 5.91 Å². The van der Waals surface area contributed by atoms with Crippen molar-refractivity contribution in [1.82, 2.24) is 20.4 Å². The molecule has 16 heteroatoms. The maximum Gasteiger partial charge on any atom is 0.435 e. The minimum absolute atomic E-state index is 0.00703. The number of allylic oxidation sites excluding steroid dienone is 1. The molecular weight excluding hydrogens is 894 g/mol. The largest absolute Gasteiger partial charge is 0.462 e. The normalized spacial score (nSPS) is 34.0. The third kappa shape index (κ3) is 8.82. The number of rotatable bonds is 11. The molecule has 0 aliphatic heterocycles. The Labute approximate surface area is 402 Å². The molecule has 376 valence electrons. The molecule has 12 atom stereocenters. The number of alkyl halides is 3. The Morgan fingerprint density at radius 2 is 1.52 bits per heavy atom. The number of ketones is 1. The summed E-state index contributed by atoms with van der Waals surface area (Å²) in [5.74, 6) is -2.06. The van der Waals surface area contributed by atoms with Gasteiger partial charge in [0.2, 0.25) is 5.91 Å². The van der Waals surface area contributed by atoms with Crippen molar-refractivity contribution in [3.05, 3.63) is 64.5 Å². The number of benzene rings is 1. The zero-order valence-corrected chi connectivity index (χ0v) is 41.4. The van der Waals surface area contributed by atoms with Crippen LogP contribution in [-0.2, 0) is 46.2 Å².